The first-order valence-corrected chi connectivity index (χ1v) is 6.25. The van der Waals surface area contributed by atoms with Crippen molar-refractivity contribution in [2.75, 3.05) is 0 Å². The van der Waals surface area contributed by atoms with Gasteiger partial charge in [-0.15, -0.1) is 11.3 Å². The highest BCUT2D eigenvalue weighted by atomic mass is 32.1. The molecule has 1 aromatic heterocycles. The molecule has 2 aromatic rings. The third-order valence-corrected chi connectivity index (χ3v) is 3.00. The van der Waals surface area contributed by atoms with E-state index in [1.807, 2.05) is 63.2 Å². The van der Waals surface area contributed by atoms with Crippen LogP contribution >= 0.6 is 11.3 Å². The molecule has 0 spiro atoms. The third kappa shape index (κ3) is 3.04. The predicted molar refractivity (Wildman–Crippen MR) is 70.3 cm³/mol. The van der Waals surface area contributed by atoms with Crippen molar-refractivity contribution in [2.45, 2.75) is 20.8 Å². The molecule has 0 fully saturated rings. The summed E-state index contributed by atoms with van der Waals surface area (Å²) in [5.41, 5.74) is 0.759. The number of ketones is 1. The summed E-state index contributed by atoms with van der Waals surface area (Å²) in [4.78, 5) is 13.9. The quantitative estimate of drug-likeness (QED) is 0.705. The average Bonchev–Trinajstić information content (AvgIpc) is 2.79. The summed E-state index contributed by atoms with van der Waals surface area (Å²) in [5.74, 6) is 0.115. The summed E-state index contributed by atoms with van der Waals surface area (Å²) in [6.07, 6.45) is 0. The zero-order valence-electron chi connectivity index (χ0n) is 9.86. The van der Waals surface area contributed by atoms with Gasteiger partial charge in [-0.1, -0.05) is 44.2 Å². The van der Waals surface area contributed by atoms with E-state index in [0.29, 0.717) is 0 Å². The minimum absolute atomic E-state index is 0.115. The fraction of sp³-hybridized carbons (Fsp3) is 0.214. The topological polar surface area (TPSA) is 17.1 Å². The number of carbonyl (C=O) groups excluding carboxylic acids is 1. The number of thiophene rings is 1. The van der Waals surface area contributed by atoms with E-state index >= 15 is 0 Å². The second-order valence-corrected chi connectivity index (χ2v) is 4.39. The molecule has 1 heterocycles. The lowest BCUT2D eigenvalue weighted by Gasteiger charge is -1.95. The highest BCUT2D eigenvalue weighted by Crippen LogP contribution is 2.18. The molecule has 0 radical (unpaired) electrons. The molecule has 0 aliphatic rings. The molecule has 0 atom stereocenters. The number of rotatable bonds is 2. The van der Waals surface area contributed by atoms with Crippen LogP contribution in [0.1, 0.15) is 34.0 Å². The van der Waals surface area contributed by atoms with Gasteiger partial charge in [-0.05, 0) is 19.1 Å². The molecule has 0 aliphatic heterocycles. The summed E-state index contributed by atoms with van der Waals surface area (Å²) >= 11 is 1.54. The number of benzene rings is 1. The van der Waals surface area contributed by atoms with E-state index in [0.717, 1.165) is 10.4 Å². The zero-order chi connectivity index (χ0) is 12.0. The van der Waals surface area contributed by atoms with Crippen LogP contribution in [0.5, 0.6) is 0 Å². The van der Waals surface area contributed by atoms with Gasteiger partial charge in [-0.3, -0.25) is 4.79 Å². The van der Waals surface area contributed by atoms with Gasteiger partial charge in [-0.25, -0.2) is 0 Å². The van der Waals surface area contributed by atoms with Crippen molar-refractivity contribution in [3.05, 3.63) is 57.8 Å². The van der Waals surface area contributed by atoms with E-state index in [1.165, 1.54) is 4.88 Å². The van der Waals surface area contributed by atoms with Gasteiger partial charge in [0.1, 0.15) is 0 Å². The highest BCUT2D eigenvalue weighted by molar-refractivity contribution is 7.14. The molecule has 2 heteroatoms. The van der Waals surface area contributed by atoms with Crippen molar-refractivity contribution in [3.8, 4) is 0 Å². The normalized spacial score (nSPS) is 9.19. The highest BCUT2D eigenvalue weighted by Gasteiger charge is 2.09. The van der Waals surface area contributed by atoms with Gasteiger partial charge in [0.05, 0.1) is 4.88 Å². The minimum atomic E-state index is 0.115. The first-order valence-electron chi connectivity index (χ1n) is 5.43. The SMILES string of the molecule is CC.Cc1ccc(C(=O)c2ccccc2)s1. The largest absolute Gasteiger partial charge is 0.288 e. The summed E-state index contributed by atoms with van der Waals surface area (Å²) in [6.45, 7) is 6.01. The van der Waals surface area contributed by atoms with Crippen molar-refractivity contribution in [2.24, 2.45) is 0 Å². The van der Waals surface area contributed by atoms with Crippen LogP contribution in [-0.2, 0) is 0 Å². The van der Waals surface area contributed by atoms with Crippen molar-refractivity contribution in [3.63, 3.8) is 0 Å². The van der Waals surface area contributed by atoms with Crippen molar-refractivity contribution in [1.82, 2.24) is 0 Å². The Morgan fingerprint density at radius 3 is 2.12 bits per heavy atom. The van der Waals surface area contributed by atoms with Crippen molar-refractivity contribution >= 4 is 17.1 Å². The maximum Gasteiger partial charge on any atom is 0.202 e. The van der Waals surface area contributed by atoms with Gasteiger partial charge in [0.25, 0.3) is 0 Å². The standard InChI is InChI=1S/C12H10OS.C2H6/c1-9-7-8-11(14-9)12(13)10-5-3-2-4-6-10;1-2/h2-8H,1H3;1-2H3. The Morgan fingerprint density at radius 2 is 1.62 bits per heavy atom. The lowest BCUT2D eigenvalue weighted by molar-refractivity contribution is 0.104. The summed E-state index contributed by atoms with van der Waals surface area (Å²) in [5, 5.41) is 0. The number of carbonyl (C=O) groups is 1. The molecule has 16 heavy (non-hydrogen) atoms. The van der Waals surface area contributed by atoms with Gasteiger partial charge >= 0.3 is 0 Å². The third-order valence-electron chi connectivity index (χ3n) is 2.00. The average molecular weight is 232 g/mol. The smallest absolute Gasteiger partial charge is 0.202 e. The van der Waals surface area contributed by atoms with Crippen molar-refractivity contribution in [1.29, 1.82) is 0 Å². The second-order valence-electron chi connectivity index (χ2n) is 3.11. The molecule has 0 amide bonds. The number of hydrogen-bond acceptors (Lipinski definition) is 2. The second kappa shape index (κ2) is 6.23. The van der Waals surface area contributed by atoms with E-state index in [4.69, 9.17) is 0 Å². The maximum atomic E-state index is 11.9. The molecule has 0 unspecified atom stereocenters. The Hall–Kier alpha value is -1.41. The lowest BCUT2D eigenvalue weighted by Crippen LogP contribution is -1.97. The fourth-order valence-electron chi connectivity index (χ4n) is 1.29. The van der Waals surface area contributed by atoms with Crippen LogP contribution in [0.2, 0.25) is 0 Å². The van der Waals surface area contributed by atoms with Gasteiger partial charge in [0, 0.05) is 10.4 Å². The van der Waals surface area contributed by atoms with Crippen LogP contribution in [-0.4, -0.2) is 5.78 Å². The molecular weight excluding hydrogens is 216 g/mol. The molecular formula is C14H16OS. The zero-order valence-corrected chi connectivity index (χ0v) is 10.7. The van der Waals surface area contributed by atoms with E-state index in [9.17, 15) is 4.79 Å². The molecule has 0 bridgehead atoms. The Balaban J connectivity index is 0.000000606. The Bertz CT molecular complexity index is 443. The molecule has 2 rings (SSSR count). The summed E-state index contributed by atoms with van der Waals surface area (Å²) in [6, 6.07) is 13.2. The number of aryl methyl sites for hydroxylation is 1. The minimum Gasteiger partial charge on any atom is -0.288 e. The van der Waals surface area contributed by atoms with Crippen LogP contribution in [0.25, 0.3) is 0 Å². The molecule has 0 N–H and O–H groups in total. The first-order chi connectivity index (χ1) is 7.77. The van der Waals surface area contributed by atoms with Crippen molar-refractivity contribution < 1.29 is 4.79 Å². The number of hydrogen-bond donors (Lipinski definition) is 0. The molecule has 1 nitrogen and oxygen atoms in total. The fourth-order valence-corrected chi connectivity index (χ4v) is 2.12. The predicted octanol–water partition coefficient (Wildman–Crippen LogP) is 4.31. The summed E-state index contributed by atoms with van der Waals surface area (Å²) in [7, 11) is 0. The van der Waals surface area contributed by atoms with Gasteiger partial charge in [0.2, 0.25) is 5.78 Å². The van der Waals surface area contributed by atoms with Crippen LogP contribution in [0.15, 0.2) is 42.5 Å². The first kappa shape index (κ1) is 12.7. The van der Waals surface area contributed by atoms with E-state index < -0.39 is 0 Å². The molecule has 0 saturated heterocycles. The van der Waals surface area contributed by atoms with Crippen LogP contribution < -0.4 is 0 Å². The Morgan fingerprint density at radius 1 is 1.00 bits per heavy atom. The maximum absolute atomic E-state index is 11.9. The Labute approximate surface area is 101 Å². The van der Waals surface area contributed by atoms with Crippen LogP contribution in [0.3, 0.4) is 0 Å². The Kier molecular flexibility index (Phi) is 4.93. The van der Waals surface area contributed by atoms with E-state index in [1.54, 1.807) is 11.3 Å². The van der Waals surface area contributed by atoms with E-state index in [2.05, 4.69) is 0 Å². The molecule has 0 aliphatic carbocycles. The van der Waals surface area contributed by atoms with Crippen LogP contribution in [0, 0.1) is 6.92 Å². The van der Waals surface area contributed by atoms with Gasteiger partial charge in [0.15, 0.2) is 0 Å². The lowest BCUT2D eigenvalue weighted by atomic mass is 10.1. The summed E-state index contributed by atoms with van der Waals surface area (Å²) < 4.78 is 0. The van der Waals surface area contributed by atoms with E-state index in [-0.39, 0.29) is 5.78 Å². The molecule has 84 valence electrons. The monoisotopic (exact) mass is 232 g/mol. The molecule has 1 aromatic carbocycles. The van der Waals surface area contributed by atoms with Gasteiger partial charge in [-0.2, -0.15) is 0 Å². The van der Waals surface area contributed by atoms with Crippen LogP contribution in [0.4, 0.5) is 0 Å². The molecule has 0 saturated carbocycles. The van der Waals surface area contributed by atoms with Gasteiger partial charge < -0.3 is 0 Å².